The molecule has 6 nitrogen and oxygen atoms in total. The van der Waals surface area contributed by atoms with Gasteiger partial charge in [0, 0.05) is 32.3 Å². The monoisotopic (exact) mass is 408 g/mol. The molecule has 1 aliphatic rings. The minimum atomic E-state index is -0.302. The van der Waals surface area contributed by atoms with E-state index in [2.05, 4.69) is 11.1 Å². The Kier molecular flexibility index (Phi) is 5.40. The standard InChI is InChI=1S/C21H17FN4O2S/c22-16-6-3-15(4-7-16)5-8-19-24-17(14-23)21(28-19)26-11-9-25(10-12-26)20(27)18-2-1-13-29-18/h1-8,13H,9-12H2/b8-5+. The topological polar surface area (TPSA) is 73.4 Å². The predicted molar refractivity (Wildman–Crippen MR) is 109 cm³/mol. The molecule has 0 unspecified atom stereocenters. The van der Waals surface area contributed by atoms with E-state index in [0.29, 0.717) is 38.0 Å². The van der Waals surface area contributed by atoms with Crippen molar-refractivity contribution in [2.75, 3.05) is 31.1 Å². The van der Waals surface area contributed by atoms with Gasteiger partial charge in [0.1, 0.15) is 11.9 Å². The Morgan fingerprint density at radius 2 is 1.93 bits per heavy atom. The van der Waals surface area contributed by atoms with Crippen LogP contribution in [0.5, 0.6) is 0 Å². The van der Waals surface area contributed by atoms with Crippen LogP contribution >= 0.6 is 11.3 Å². The molecule has 0 N–H and O–H groups in total. The van der Waals surface area contributed by atoms with Gasteiger partial charge in [-0.05, 0) is 35.2 Å². The largest absolute Gasteiger partial charge is 0.420 e. The third kappa shape index (κ3) is 4.20. The number of amides is 1. The van der Waals surface area contributed by atoms with Crippen LogP contribution in [0, 0.1) is 17.1 Å². The fourth-order valence-corrected chi connectivity index (χ4v) is 3.79. The van der Waals surface area contributed by atoms with Crippen LogP contribution in [0.15, 0.2) is 46.2 Å². The van der Waals surface area contributed by atoms with E-state index in [0.717, 1.165) is 10.4 Å². The fraction of sp³-hybridized carbons (Fsp3) is 0.190. The van der Waals surface area contributed by atoms with Crippen LogP contribution in [-0.4, -0.2) is 42.0 Å². The number of nitrogens with zero attached hydrogens (tertiary/aromatic N) is 4. The molecule has 0 atom stereocenters. The summed E-state index contributed by atoms with van der Waals surface area (Å²) >= 11 is 1.43. The molecule has 1 fully saturated rings. The first-order chi connectivity index (χ1) is 14.1. The van der Waals surface area contributed by atoms with Gasteiger partial charge in [-0.3, -0.25) is 4.79 Å². The molecule has 0 bridgehead atoms. The van der Waals surface area contributed by atoms with E-state index in [-0.39, 0.29) is 17.4 Å². The zero-order valence-corrected chi connectivity index (χ0v) is 16.2. The lowest BCUT2D eigenvalue weighted by Crippen LogP contribution is -2.48. The van der Waals surface area contributed by atoms with E-state index in [1.807, 2.05) is 22.4 Å². The molecule has 0 saturated carbocycles. The molecule has 1 saturated heterocycles. The predicted octanol–water partition coefficient (Wildman–Crippen LogP) is 3.88. The van der Waals surface area contributed by atoms with E-state index in [9.17, 15) is 14.4 Å². The van der Waals surface area contributed by atoms with Crippen LogP contribution in [0.1, 0.15) is 26.8 Å². The highest BCUT2D eigenvalue weighted by molar-refractivity contribution is 7.12. The number of benzene rings is 1. The Hall–Kier alpha value is -3.44. The second-order valence-electron chi connectivity index (χ2n) is 6.46. The average Bonchev–Trinajstić information content (AvgIpc) is 3.43. The molecule has 29 heavy (non-hydrogen) atoms. The number of aromatic nitrogens is 1. The summed E-state index contributed by atoms with van der Waals surface area (Å²) in [7, 11) is 0. The number of anilines is 1. The number of hydrogen-bond acceptors (Lipinski definition) is 6. The molecule has 3 aromatic rings. The van der Waals surface area contributed by atoms with E-state index < -0.39 is 0 Å². The minimum Gasteiger partial charge on any atom is -0.420 e. The third-order valence-electron chi connectivity index (χ3n) is 4.61. The molecule has 146 valence electrons. The van der Waals surface area contributed by atoms with E-state index >= 15 is 0 Å². The zero-order valence-electron chi connectivity index (χ0n) is 15.4. The van der Waals surface area contributed by atoms with Crippen LogP contribution in [-0.2, 0) is 0 Å². The lowest BCUT2D eigenvalue weighted by molar-refractivity contribution is 0.0750. The molecule has 1 aromatic carbocycles. The van der Waals surface area contributed by atoms with Gasteiger partial charge in [-0.15, -0.1) is 11.3 Å². The first-order valence-corrected chi connectivity index (χ1v) is 9.94. The number of hydrogen-bond donors (Lipinski definition) is 0. The molecule has 1 aliphatic heterocycles. The van der Waals surface area contributed by atoms with E-state index in [4.69, 9.17) is 4.42 Å². The molecule has 0 spiro atoms. The van der Waals surface area contributed by atoms with Crippen LogP contribution in [0.25, 0.3) is 12.2 Å². The summed E-state index contributed by atoms with van der Waals surface area (Å²) < 4.78 is 18.8. The number of thiophene rings is 1. The Morgan fingerprint density at radius 1 is 1.17 bits per heavy atom. The second-order valence-corrected chi connectivity index (χ2v) is 7.41. The molecule has 1 amide bonds. The molecule has 2 aromatic heterocycles. The zero-order chi connectivity index (χ0) is 20.2. The number of nitriles is 1. The van der Waals surface area contributed by atoms with Gasteiger partial charge in [0.05, 0.1) is 4.88 Å². The molecule has 4 rings (SSSR count). The molecular weight excluding hydrogens is 391 g/mol. The van der Waals surface area contributed by atoms with Crippen LogP contribution < -0.4 is 4.90 Å². The number of piperazine rings is 1. The molecule has 8 heteroatoms. The highest BCUT2D eigenvalue weighted by atomic mass is 32.1. The lowest BCUT2D eigenvalue weighted by Gasteiger charge is -2.34. The maximum Gasteiger partial charge on any atom is 0.264 e. The van der Waals surface area contributed by atoms with Crippen molar-refractivity contribution in [2.45, 2.75) is 0 Å². The van der Waals surface area contributed by atoms with Crippen molar-refractivity contribution >= 4 is 35.3 Å². The summed E-state index contributed by atoms with van der Waals surface area (Å²) in [4.78, 5) is 21.2. The molecule has 0 radical (unpaired) electrons. The minimum absolute atomic E-state index is 0.0284. The van der Waals surface area contributed by atoms with Crippen LogP contribution in [0.4, 0.5) is 10.3 Å². The Morgan fingerprint density at radius 3 is 2.59 bits per heavy atom. The third-order valence-corrected chi connectivity index (χ3v) is 5.46. The number of carbonyl (C=O) groups excluding carboxylic acids is 1. The van der Waals surface area contributed by atoms with E-state index in [1.54, 1.807) is 29.2 Å². The SMILES string of the molecule is N#Cc1nc(/C=C/c2ccc(F)cc2)oc1N1CCN(C(=O)c2cccs2)CC1. The first kappa shape index (κ1) is 18.9. The van der Waals surface area contributed by atoms with Crippen molar-refractivity contribution in [3.8, 4) is 6.07 Å². The summed E-state index contributed by atoms with van der Waals surface area (Å²) in [6.45, 7) is 2.20. The fourth-order valence-electron chi connectivity index (χ4n) is 3.10. The van der Waals surface area contributed by atoms with Gasteiger partial charge in [-0.2, -0.15) is 10.2 Å². The first-order valence-electron chi connectivity index (χ1n) is 9.06. The summed E-state index contributed by atoms with van der Waals surface area (Å²) in [5.74, 6) is 0.442. The quantitative estimate of drug-likeness (QED) is 0.655. The van der Waals surface area contributed by atoms with Crippen molar-refractivity contribution in [2.24, 2.45) is 0 Å². The molecule has 3 heterocycles. The van der Waals surface area contributed by atoms with Gasteiger partial charge in [-0.25, -0.2) is 4.39 Å². The van der Waals surface area contributed by atoms with Crippen molar-refractivity contribution in [1.82, 2.24) is 9.88 Å². The summed E-state index contributed by atoms with van der Waals surface area (Å²) in [6, 6.07) is 11.8. The smallest absolute Gasteiger partial charge is 0.264 e. The Labute approximate surface area is 171 Å². The number of halogens is 1. The van der Waals surface area contributed by atoms with Gasteiger partial charge in [0.15, 0.2) is 0 Å². The van der Waals surface area contributed by atoms with Gasteiger partial charge in [0.25, 0.3) is 5.91 Å². The average molecular weight is 408 g/mol. The normalized spacial score (nSPS) is 14.3. The van der Waals surface area contributed by atoms with Crippen molar-refractivity contribution in [3.05, 3.63) is 69.6 Å². The van der Waals surface area contributed by atoms with Gasteiger partial charge in [-0.1, -0.05) is 18.2 Å². The van der Waals surface area contributed by atoms with Crippen molar-refractivity contribution in [1.29, 1.82) is 5.26 Å². The molecular formula is C21H17FN4O2S. The van der Waals surface area contributed by atoms with E-state index in [1.165, 1.54) is 23.5 Å². The Balaban J connectivity index is 1.44. The summed E-state index contributed by atoms with van der Waals surface area (Å²) in [5, 5.41) is 11.3. The van der Waals surface area contributed by atoms with Gasteiger partial charge < -0.3 is 14.2 Å². The highest BCUT2D eigenvalue weighted by Crippen LogP contribution is 2.25. The Bertz CT molecular complexity index is 1060. The van der Waals surface area contributed by atoms with Crippen molar-refractivity contribution in [3.63, 3.8) is 0 Å². The second kappa shape index (κ2) is 8.29. The number of carbonyl (C=O) groups is 1. The maximum atomic E-state index is 13.0. The van der Waals surface area contributed by atoms with Crippen molar-refractivity contribution < 1.29 is 13.6 Å². The summed E-state index contributed by atoms with van der Waals surface area (Å²) in [6.07, 6.45) is 3.39. The maximum absolute atomic E-state index is 13.0. The number of oxazole rings is 1. The number of rotatable bonds is 4. The van der Waals surface area contributed by atoms with Crippen LogP contribution in [0.3, 0.4) is 0 Å². The summed E-state index contributed by atoms with van der Waals surface area (Å²) in [5.41, 5.74) is 1.01. The van der Waals surface area contributed by atoms with Gasteiger partial charge >= 0.3 is 0 Å². The van der Waals surface area contributed by atoms with Gasteiger partial charge in [0.2, 0.25) is 17.5 Å². The van der Waals surface area contributed by atoms with Crippen LogP contribution in [0.2, 0.25) is 0 Å². The highest BCUT2D eigenvalue weighted by Gasteiger charge is 2.26. The molecule has 0 aliphatic carbocycles. The lowest BCUT2D eigenvalue weighted by atomic mass is 10.2.